The van der Waals surface area contributed by atoms with E-state index in [0.717, 1.165) is 16.8 Å². The zero-order valence-electron chi connectivity index (χ0n) is 14.5. The number of nitrogens with one attached hydrogen (secondary N) is 1. The second kappa shape index (κ2) is 7.84. The maximum atomic E-state index is 12.2. The lowest BCUT2D eigenvalue weighted by molar-refractivity contribution is -0.129. The van der Waals surface area contributed by atoms with E-state index in [9.17, 15) is 9.90 Å². The van der Waals surface area contributed by atoms with E-state index >= 15 is 0 Å². The second-order valence-electron chi connectivity index (χ2n) is 5.90. The van der Waals surface area contributed by atoms with Crippen molar-refractivity contribution in [1.82, 2.24) is 5.32 Å². The molecule has 2 N–H and O–H groups in total. The van der Waals surface area contributed by atoms with Gasteiger partial charge in [-0.2, -0.15) is 0 Å². The fourth-order valence-corrected chi connectivity index (χ4v) is 2.40. The number of methoxy groups -OCH3 is 1. The number of benzene rings is 2. The van der Waals surface area contributed by atoms with E-state index in [4.69, 9.17) is 4.74 Å². The van der Waals surface area contributed by atoms with Crippen LogP contribution in [-0.2, 0) is 11.3 Å². The molecule has 0 heterocycles. The van der Waals surface area contributed by atoms with Crippen molar-refractivity contribution in [2.75, 3.05) is 26.1 Å². The van der Waals surface area contributed by atoms with Crippen molar-refractivity contribution in [3.8, 4) is 5.75 Å². The number of ether oxygens (including phenoxy) is 1. The second-order valence-corrected chi connectivity index (χ2v) is 5.90. The third-order valence-electron chi connectivity index (χ3n) is 3.95. The number of carbonyl (C=O) groups excluding carboxylic acids is 1. The van der Waals surface area contributed by atoms with Gasteiger partial charge in [-0.3, -0.25) is 4.79 Å². The summed E-state index contributed by atoms with van der Waals surface area (Å²) in [5.74, 6) is 0.175. The Morgan fingerprint density at radius 1 is 1.25 bits per heavy atom. The Balaban J connectivity index is 2.02. The van der Waals surface area contributed by atoms with Crippen molar-refractivity contribution in [3.05, 3.63) is 59.2 Å². The summed E-state index contributed by atoms with van der Waals surface area (Å²) in [7, 11) is 5.52. The van der Waals surface area contributed by atoms with Gasteiger partial charge in [0.1, 0.15) is 5.75 Å². The lowest BCUT2D eigenvalue weighted by Crippen LogP contribution is -2.29. The Labute approximate surface area is 142 Å². The third kappa shape index (κ3) is 4.26. The number of aliphatic hydroxyl groups is 1. The summed E-state index contributed by atoms with van der Waals surface area (Å²) in [6.45, 7) is 2.38. The van der Waals surface area contributed by atoms with Gasteiger partial charge in [-0.05, 0) is 47.9 Å². The molecule has 1 amide bonds. The molecule has 24 heavy (non-hydrogen) atoms. The van der Waals surface area contributed by atoms with Gasteiger partial charge in [0.05, 0.1) is 7.11 Å². The van der Waals surface area contributed by atoms with Crippen LogP contribution in [0.3, 0.4) is 0 Å². The van der Waals surface area contributed by atoms with Crippen molar-refractivity contribution in [1.29, 1.82) is 0 Å². The van der Waals surface area contributed by atoms with E-state index in [0.29, 0.717) is 17.9 Å². The van der Waals surface area contributed by atoms with E-state index in [2.05, 4.69) is 11.4 Å². The summed E-state index contributed by atoms with van der Waals surface area (Å²) < 4.78 is 5.11. The number of amides is 1. The van der Waals surface area contributed by atoms with E-state index in [1.54, 1.807) is 31.4 Å². The molecular weight excluding hydrogens is 304 g/mol. The van der Waals surface area contributed by atoms with Gasteiger partial charge in [0.2, 0.25) is 0 Å². The van der Waals surface area contributed by atoms with Crippen LogP contribution in [0.4, 0.5) is 5.69 Å². The van der Waals surface area contributed by atoms with Gasteiger partial charge in [-0.1, -0.05) is 18.2 Å². The van der Waals surface area contributed by atoms with Crippen LogP contribution in [-0.4, -0.2) is 32.2 Å². The minimum Gasteiger partial charge on any atom is -0.497 e. The maximum absolute atomic E-state index is 12.2. The molecular formula is C19H24N2O3. The zero-order valence-corrected chi connectivity index (χ0v) is 14.5. The van der Waals surface area contributed by atoms with Gasteiger partial charge < -0.3 is 20.1 Å². The predicted octanol–water partition coefficient (Wildman–Crippen LogP) is 2.42. The summed E-state index contributed by atoms with van der Waals surface area (Å²) in [4.78, 5) is 14.2. The molecule has 0 aliphatic carbocycles. The standard InChI is InChI=1S/C19H24N2O3/c1-13-10-16(21(2)3)9-8-15(13)12-20-19(23)18(22)14-6-5-7-17(11-14)24-4/h5-11,18,22H,12H2,1-4H3,(H,20,23)/t18-/m1/s1. The number of hydrogen-bond acceptors (Lipinski definition) is 4. The lowest BCUT2D eigenvalue weighted by Gasteiger charge is -2.16. The van der Waals surface area contributed by atoms with Crippen molar-refractivity contribution >= 4 is 11.6 Å². The Morgan fingerprint density at radius 2 is 2.00 bits per heavy atom. The molecule has 0 aromatic heterocycles. The lowest BCUT2D eigenvalue weighted by atomic mass is 10.1. The van der Waals surface area contributed by atoms with Gasteiger partial charge in [0.15, 0.2) is 6.10 Å². The number of aryl methyl sites for hydroxylation is 1. The van der Waals surface area contributed by atoms with E-state index < -0.39 is 12.0 Å². The van der Waals surface area contributed by atoms with Crippen LogP contribution in [0.25, 0.3) is 0 Å². The number of hydrogen-bond donors (Lipinski definition) is 2. The van der Waals surface area contributed by atoms with Crippen LogP contribution in [0.1, 0.15) is 22.8 Å². The molecule has 0 saturated carbocycles. The first-order valence-electron chi connectivity index (χ1n) is 7.79. The van der Waals surface area contributed by atoms with Crippen molar-refractivity contribution in [2.24, 2.45) is 0 Å². The summed E-state index contributed by atoms with van der Waals surface area (Å²) in [5, 5.41) is 13.0. The fraction of sp³-hybridized carbons (Fsp3) is 0.316. The normalized spacial score (nSPS) is 11.7. The van der Waals surface area contributed by atoms with E-state index in [-0.39, 0.29) is 0 Å². The molecule has 0 saturated heterocycles. The SMILES string of the molecule is COc1cccc([C@@H](O)C(=O)NCc2ccc(N(C)C)cc2C)c1. The molecule has 2 aromatic carbocycles. The largest absolute Gasteiger partial charge is 0.497 e. The summed E-state index contributed by atoms with van der Waals surface area (Å²) in [5.41, 5.74) is 3.73. The number of rotatable bonds is 6. The third-order valence-corrected chi connectivity index (χ3v) is 3.95. The maximum Gasteiger partial charge on any atom is 0.253 e. The first-order chi connectivity index (χ1) is 11.4. The topological polar surface area (TPSA) is 61.8 Å². The number of anilines is 1. The molecule has 0 spiro atoms. The Kier molecular flexibility index (Phi) is 5.82. The molecule has 5 heteroatoms. The van der Waals surface area contributed by atoms with Gasteiger partial charge in [-0.15, -0.1) is 0 Å². The average Bonchev–Trinajstić information content (AvgIpc) is 2.59. The quantitative estimate of drug-likeness (QED) is 0.855. The minimum absolute atomic E-state index is 0.374. The van der Waals surface area contributed by atoms with Crippen LogP contribution in [0.15, 0.2) is 42.5 Å². The van der Waals surface area contributed by atoms with E-state index in [1.165, 1.54) is 0 Å². The molecule has 2 aromatic rings. The summed E-state index contributed by atoms with van der Waals surface area (Å²) in [6.07, 6.45) is -1.22. The highest BCUT2D eigenvalue weighted by atomic mass is 16.5. The van der Waals surface area contributed by atoms with Crippen LogP contribution in [0.5, 0.6) is 5.75 Å². The molecule has 1 atom stereocenters. The molecule has 0 aliphatic rings. The van der Waals surface area contributed by atoms with Crippen molar-refractivity contribution < 1.29 is 14.6 Å². The summed E-state index contributed by atoms with van der Waals surface area (Å²) in [6, 6.07) is 12.9. The van der Waals surface area contributed by atoms with Gasteiger partial charge in [-0.25, -0.2) is 0 Å². The monoisotopic (exact) mass is 328 g/mol. The first kappa shape index (κ1) is 17.8. The van der Waals surface area contributed by atoms with Crippen LogP contribution < -0.4 is 15.0 Å². The van der Waals surface area contributed by atoms with Gasteiger partial charge >= 0.3 is 0 Å². The molecule has 128 valence electrons. The first-order valence-corrected chi connectivity index (χ1v) is 7.79. The predicted molar refractivity (Wildman–Crippen MR) is 95.3 cm³/mol. The molecule has 0 unspecified atom stereocenters. The molecule has 5 nitrogen and oxygen atoms in total. The molecule has 0 fully saturated rings. The van der Waals surface area contributed by atoms with Crippen LogP contribution in [0, 0.1) is 6.92 Å². The number of aliphatic hydroxyl groups excluding tert-OH is 1. The molecule has 0 radical (unpaired) electrons. The highest BCUT2D eigenvalue weighted by Crippen LogP contribution is 2.20. The molecule has 0 aliphatic heterocycles. The Bertz CT molecular complexity index is 714. The Morgan fingerprint density at radius 3 is 2.62 bits per heavy atom. The number of carbonyl (C=O) groups is 1. The average molecular weight is 328 g/mol. The fourth-order valence-electron chi connectivity index (χ4n) is 2.40. The van der Waals surface area contributed by atoms with E-state index in [1.807, 2.05) is 38.1 Å². The Hall–Kier alpha value is -2.53. The minimum atomic E-state index is -1.22. The van der Waals surface area contributed by atoms with Crippen molar-refractivity contribution in [2.45, 2.75) is 19.6 Å². The summed E-state index contributed by atoms with van der Waals surface area (Å²) >= 11 is 0. The zero-order chi connectivity index (χ0) is 17.7. The van der Waals surface area contributed by atoms with Gasteiger partial charge in [0, 0.05) is 26.3 Å². The molecule has 0 bridgehead atoms. The van der Waals surface area contributed by atoms with Crippen LogP contribution >= 0.6 is 0 Å². The smallest absolute Gasteiger partial charge is 0.253 e. The molecule has 2 rings (SSSR count). The van der Waals surface area contributed by atoms with Crippen LogP contribution in [0.2, 0.25) is 0 Å². The highest BCUT2D eigenvalue weighted by molar-refractivity contribution is 5.82. The highest BCUT2D eigenvalue weighted by Gasteiger charge is 2.17. The number of nitrogens with zero attached hydrogens (tertiary/aromatic N) is 1. The van der Waals surface area contributed by atoms with Crippen molar-refractivity contribution in [3.63, 3.8) is 0 Å². The van der Waals surface area contributed by atoms with Gasteiger partial charge in [0.25, 0.3) is 5.91 Å².